The summed E-state index contributed by atoms with van der Waals surface area (Å²) in [6, 6.07) is 15.1. The Morgan fingerprint density at radius 2 is 1.73 bits per heavy atom. The van der Waals surface area contributed by atoms with Gasteiger partial charge in [-0.2, -0.15) is 0 Å². The first kappa shape index (κ1) is 26.2. The van der Waals surface area contributed by atoms with Crippen molar-refractivity contribution in [3.8, 4) is 17.2 Å². The standard InChI is InChI=1S/C30H32FNO5/c1-30(2,3)29(35)37-23-10-8-18-14-20(7-6-19(18)15-23)24-12-11-22(36-5)17-26(24)32(4)28(34)21-9-13-27(33)25(31)16-21/h8-13,15-17,20,33H,6-7,14H2,1-5H3/t20-/m1/s1. The molecule has 0 fully saturated rings. The average molecular weight is 506 g/mol. The molecule has 194 valence electrons. The summed E-state index contributed by atoms with van der Waals surface area (Å²) in [5.74, 6) is -0.714. The highest BCUT2D eigenvalue weighted by atomic mass is 19.1. The van der Waals surface area contributed by atoms with E-state index in [2.05, 4.69) is 0 Å². The van der Waals surface area contributed by atoms with E-state index in [0.717, 1.165) is 36.5 Å². The molecule has 0 radical (unpaired) electrons. The predicted molar refractivity (Wildman–Crippen MR) is 140 cm³/mol. The molecule has 4 rings (SSSR count). The van der Waals surface area contributed by atoms with Gasteiger partial charge in [0.2, 0.25) is 0 Å². The fourth-order valence-corrected chi connectivity index (χ4v) is 4.55. The molecule has 7 heteroatoms. The van der Waals surface area contributed by atoms with E-state index in [4.69, 9.17) is 9.47 Å². The van der Waals surface area contributed by atoms with E-state index in [0.29, 0.717) is 17.2 Å². The van der Waals surface area contributed by atoms with Crippen molar-refractivity contribution < 1.29 is 28.6 Å². The maximum Gasteiger partial charge on any atom is 0.316 e. The first-order valence-electron chi connectivity index (χ1n) is 12.3. The number of aromatic hydroxyl groups is 1. The molecule has 1 atom stereocenters. The highest BCUT2D eigenvalue weighted by molar-refractivity contribution is 6.06. The van der Waals surface area contributed by atoms with Gasteiger partial charge in [0, 0.05) is 18.7 Å². The summed E-state index contributed by atoms with van der Waals surface area (Å²) in [7, 11) is 3.22. The monoisotopic (exact) mass is 505 g/mol. The SMILES string of the molecule is COc1ccc([C@@H]2CCc3cc(OC(=O)C(C)(C)C)ccc3C2)c(N(C)C(=O)c2ccc(O)c(F)c2)c1. The van der Waals surface area contributed by atoms with Gasteiger partial charge in [-0.15, -0.1) is 0 Å². The molecule has 0 saturated heterocycles. The Labute approximate surface area is 216 Å². The second-order valence-corrected chi connectivity index (χ2v) is 10.5. The van der Waals surface area contributed by atoms with Crippen molar-refractivity contribution in [3.05, 3.63) is 82.7 Å². The van der Waals surface area contributed by atoms with Gasteiger partial charge in [0.1, 0.15) is 11.5 Å². The number of nitrogens with zero attached hydrogens (tertiary/aromatic N) is 1. The van der Waals surface area contributed by atoms with Crippen LogP contribution in [0.25, 0.3) is 0 Å². The van der Waals surface area contributed by atoms with E-state index < -0.39 is 22.9 Å². The number of phenolic OH excluding ortho intramolecular Hbond substituents is 1. The summed E-state index contributed by atoms with van der Waals surface area (Å²) in [6.07, 6.45) is 2.41. The number of hydrogen-bond acceptors (Lipinski definition) is 5. The lowest BCUT2D eigenvalue weighted by Crippen LogP contribution is -2.28. The molecule has 1 amide bonds. The molecule has 1 N–H and O–H groups in total. The van der Waals surface area contributed by atoms with Crippen molar-refractivity contribution in [3.63, 3.8) is 0 Å². The number of hydrogen-bond donors (Lipinski definition) is 1. The summed E-state index contributed by atoms with van der Waals surface area (Å²) in [6.45, 7) is 5.47. The van der Waals surface area contributed by atoms with E-state index >= 15 is 0 Å². The summed E-state index contributed by atoms with van der Waals surface area (Å²) in [5.41, 5.74) is 3.54. The summed E-state index contributed by atoms with van der Waals surface area (Å²) in [4.78, 5) is 27.0. The number of esters is 1. The number of phenols is 1. The highest BCUT2D eigenvalue weighted by Crippen LogP contribution is 2.40. The predicted octanol–water partition coefficient (Wildman–Crippen LogP) is 6.04. The minimum absolute atomic E-state index is 0.137. The lowest BCUT2D eigenvalue weighted by Gasteiger charge is -2.30. The van der Waals surface area contributed by atoms with E-state index in [-0.39, 0.29) is 17.5 Å². The molecule has 0 bridgehead atoms. The van der Waals surface area contributed by atoms with Crippen LogP contribution in [0.15, 0.2) is 54.6 Å². The second kappa shape index (κ2) is 10.2. The number of halogens is 1. The van der Waals surface area contributed by atoms with Gasteiger partial charge in [-0.3, -0.25) is 9.59 Å². The Morgan fingerprint density at radius 3 is 2.41 bits per heavy atom. The zero-order valence-corrected chi connectivity index (χ0v) is 21.8. The van der Waals surface area contributed by atoms with Crippen molar-refractivity contribution >= 4 is 17.6 Å². The maximum atomic E-state index is 13.9. The van der Waals surface area contributed by atoms with Crippen molar-refractivity contribution in [2.45, 2.75) is 46.0 Å². The third kappa shape index (κ3) is 5.61. The second-order valence-electron chi connectivity index (χ2n) is 10.5. The summed E-state index contributed by atoms with van der Waals surface area (Å²) < 4.78 is 24.9. The molecule has 0 spiro atoms. The Morgan fingerprint density at radius 1 is 1.00 bits per heavy atom. The molecule has 6 nitrogen and oxygen atoms in total. The van der Waals surface area contributed by atoms with Crippen LogP contribution in [0.2, 0.25) is 0 Å². The number of benzene rings is 3. The van der Waals surface area contributed by atoms with E-state index in [9.17, 15) is 19.1 Å². The van der Waals surface area contributed by atoms with Gasteiger partial charge in [0.25, 0.3) is 5.91 Å². The van der Waals surface area contributed by atoms with Crippen LogP contribution in [0.4, 0.5) is 10.1 Å². The molecule has 0 unspecified atom stereocenters. The van der Waals surface area contributed by atoms with Crippen molar-refractivity contribution in [1.29, 1.82) is 0 Å². The number of rotatable bonds is 5. The molecule has 37 heavy (non-hydrogen) atoms. The number of ether oxygens (including phenoxy) is 2. The molecular formula is C30H32FNO5. The zero-order chi connectivity index (χ0) is 26.9. The van der Waals surface area contributed by atoms with Crippen LogP contribution >= 0.6 is 0 Å². The lowest BCUT2D eigenvalue weighted by molar-refractivity contribution is -0.143. The van der Waals surface area contributed by atoms with Crippen LogP contribution in [0.3, 0.4) is 0 Å². The number of aryl methyl sites for hydroxylation is 1. The topological polar surface area (TPSA) is 76.1 Å². The first-order valence-corrected chi connectivity index (χ1v) is 12.3. The van der Waals surface area contributed by atoms with Gasteiger partial charge in [0.15, 0.2) is 11.6 Å². The lowest BCUT2D eigenvalue weighted by atomic mass is 9.79. The minimum atomic E-state index is -0.846. The number of carbonyl (C=O) groups excluding carboxylic acids is 2. The van der Waals surface area contributed by atoms with Crippen molar-refractivity contribution in [1.82, 2.24) is 0 Å². The normalized spacial score (nSPS) is 15.0. The molecule has 3 aromatic carbocycles. The summed E-state index contributed by atoms with van der Waals surface area (Å²) >= 11 is 0. The van der Waals surface area contributed by atoms with Gasteiger partial charge in [-0.05, 0) is 99.0 Å². The Bertz CT molecular complexity index is 1340. The fraction of sp³-hybridized carbons (Fsp3) is 0.333. The first-order chi connectivity index (χ1) is 17.5. The zero-order valence-electron chi connectivity index (χ0n) is 21.8. The van der Waals surface area contributed by atoms with Crippen LogP contribution < -0.4 is 14.4 Å². The minimum Gasteiger partial charge on any atom is -0.505 e. The largest absolute Gasteiger partial charge is 0.505 e. The quantitative estimate of drug-likeness (QED) is 0.338. The van der Waals surface area contributed by atoms with Crippen LogP contribution in [-0.2, 0) is 17.6 Å². The van der Waals surface area contributed by atoms with Gasteiger partial charge in [0.05, 0.1) is 18.2 Å². The fourth-order valence-electron chi connectivity index (χ4n) is 4.55. The van der Waals surface area contributed by atoms with Crippen molar-refractivity contribution in [2.75, 3.05) is 19.1 Å². The van der Waals surface area contributed by atoms with Crippen molar-refractivity contribution in [2.24, 2.45) is 5.41 Å². The maximum absolute atomic E-state index is 13.9. The molecular weight excluding hydrogens is 473 g/mol. The molecule has 0 heterocycles. The number of anilines is 1. The van der Waals surface area contributed by atoms with E-state index in [1.54, 1.807) is 14.2 Å². The number of fused-ring (bicyclic) bond motifs is 1. The van der Waals surface area contributed by atoms with Gasteiger partial charge < -0.3 is 19.5 Å². The van der Waals surface area contributed by atoms with Crippen LogP contribution in [-0.4, -0.2) is 31.1 Å². The number of amides is 1. The number of methoxy groups -OCH3 is 1. The molecule has 3 aromatic rings. The van der Waals surface area contributed by atoms with Crippen LogP contribution in [0, 0.1) is 11.2 Å². The molecule has 0 saturated carbocycles. The Hall–Kier alpha value is -3.87. The van der Waals surface area contributed by atoms with Crippen LogP contribution in [0.5, 0.6) is 17.2 Å². The summed E-state index contributed by atoms with van der Waals surface area (Å²) in [5, 5.41) is 9.50. The third-order valence-electron chi connectivity index (χ3n) is 6.77. The van der Waals surface area contributed by atoms with E-state index in [1.807, 2.05) is 57.2 Å². The van der Waals surface area contributed by atoms with Crippen LogP contribution in [0.1, 0.15) is 60.2 Å². The van der Waals surface area contributed by atoms with Gasteiger partial charge in [-0.25, -0.2) is 4.39 Å². The highest BCUT2D eigenvalue weighted by Gasteiger charge is 2.28. The van der Waals surface area contributed by atoms with Gasteiger partial charge >= 0.3 is 5.97 Å². The number of carbonyl (C=O) groups is 2. The Balaban J connectivity index is 1.61. The molecule has 0 aromatic heterocycles. The van der Waals surface area contributed by atoms with E-state index in [1.165, 1.54) is 22.6 Å². The average Bonchev–Trinajstić information content (AvgIpc) is 2.88. The third-order valence-corrected chi connectivity index (χ3v) is 6.77. The Kier molecular flexibility index (Phi) is 7.25. The molecule has 1 aliphatic carbocycles. The van der Waals surface area contributed by atoms with Gasteiger partial charge in [-0.1, -0.05) is 12.1 Å². The molecule has 0 aliphatic heterocycles. The smallest absolute Gasteiger partial charge is 0.316 e. The molecule has 1 aliphatic rings.